The minimum absolute atomic E-state index is 0.158. The Labute approximate surface area is 183 Å². The fraction of sp³-hybridized carbons (Fsp3) is 0.0455. The molecule has 156 valence electrons. The average molecular weight is 453 g/mol. The lowest BCUT2D eigenvalue weighted by atomic mass is 10.1. The van der Waals surface area contributed by atoms with Gasteiger partial charge < -0.3 is 14.6 Å². The Bertz CT molecular complexity index is 1410. The molecule has 3 N–H and O–H groups in total. The van der Waals surface area contributed by atoms with Crippen LogP contribution in [0.3, 0.4) is 0 Å². The highest BCUT2D eigenvalue weighted by molar-refractivity contribution is 7.93. The summed E-state index contributed by atoms with van der Waals surface area (Å²) in [5, 5.41) is 13.2. The molecule has 0 saturated heterocycles. The van der Waals surface area contributed by atoms with Crippen LogP contribution in [0, 0.1) is 5.41 Å². The second-order valence-electron chi connectivity index (χ2n) is 7.02. The van der Waals surface area contributed by atoms with Crippen molar-refractivity contribution in [3.63, 3.8) is 0 Å². The van der Waals surface area contributed by atoms with E-state index >= 15 is 0 Å². The number of hydrogen-bond donors (Lipinski definition) is 3. The first kappa shape index (κ1) is 19.5. The van der Waals surface area contributed by atoms with Gasteiger partial charge in [0.25, 0.3) is 10.0 Å². The van der Waals surface area contributed by atoms with Crippen molar-refractivity contribution in [1.82, 2.24) is 0 Å². The standard InChI is InChI=1S/C22H17ClN4O3S/c23-19-5-1-4-17-16(19)3-2-6-20(17)31(28,29)26-14-7-9-15(10-8-14)27-13-25-22-18(21(27)24)11-12-30-22/h1-12,24-26H,13H2. The number of halogens is 1. The summed E-state index contributed by atoms with van der Waals surface area (Å²) in [5.74, 6) is 0.879. The van der Waals surface area contributed by atoms with Crippen LogP contribution in [0.15, 0.2) is 82.3 Å². The van der Waals surface area contributed by atoms with Crippen LogP contribution in [0.1, 0.15) is 5.56 Å². The number of amidine groups is 1. The van der Waals surface area contributed by atoms with Crippen LogP contribution >= 0.6 is 11.6 Å². The third-order valence-corrected chi connectivity index (χ3v) is 6.91. The number of fused-ring (bicyclic) bond motifs is 2. The van der Waals surface area contributed by atoms with Crippen LogP contribution in [-0.4, -0.2) is 20.9 Å². The molecule has 0 spiro atoms. The Morgan fingerprint density at radius 3 is 2.55 bits per heavy atom. The highest BCUT2D eigenvalue weighted by Gasteiger charge is 2.24. The largest absolute Gasteiger partial charge is 0.448 e. The summed E-state index contributed by atoms with van der Waals surface area (Å²) in [7, 11) is -3.83. The van der Waals surface area contributed by atoms with Crippen LogP contribution in [-0.2, 0) is 10.0 Å². The van der Waals surface area contributed by atoms with Crippen molar-refractivity contribution in [2.24, 2.45) is 0 Å². The smallest absolute Gasteiger partial charge is 0.262 e. The van der Waals surface area contributed by atoms with Crippen molar-refractivity contribution in [2.75, 3.05) is 21.6 Å². The Kier molecular flexibility index (Phi) is 4.60. The molecule has 0 radical (unpaired) electrons. The van der Waals surface area contributed by atoms with Crippen LogP contribution in [0.5, 0.6) is 0 Å². The third kappa shape index (κ3) is 3.39. The second kappa shape index (κ2) is 7.33. The number of nitrogens with one attached hydrogen (secondary N) is 3. The van der Waals surface area contributed by atoms with Crippen molar-refractivity contribution in [2.45, 2.75) is 4.90 Å². The van der Waals surface area contributed by atoms with Gasteiger partial charge in [0.15, 0.2) is 0 Å². The van der Waals surface area contributed by atoms with Crippen LogP contribution in [0.25, 0.3) is 10.8 Å². The van der Waals surface area contributed by atoms with E-state index in [1.54, 1.807) is 71.6 Å². The molecule has 0 saturated carbocycles. The second-order valence-corrected chi connectivity index (χ2v) is 9.08. The Hall–Kier alpha value is -3.49. The van der Waals surface area contributed by atoms with E-state index in [9.17, 15) is 8.42 Å². The van der Waals surface area contributed by atoms with Gasteiger partial charge in [-0.2, -0.15) is 0 Å². The molecule has 4 aromatic rings. The molecular weight excluding hydrogens is 436 g/mol. The van der Waals surface area contributed by atoms with E-state index < -0.39 is 10.0 Å². The molecule has 0 bridgehead atoms. The molecule has 31 heavy (non-hydrogen) atoms. The molecular formula is C22H17ClN4O3S. The van der Waals surface area contributed by atoms with Crippen LogP contribution in [0.4, 0.5) is 17.3 Å². The summed E-state index contributed by atoms with van der Waals surface area (Å²) in [5.41, 5.74) is 1.85. The van der Waals surface area contributed by atoms with E-state index in [0.717, 1.165) is 5.69 Å². The number of anilines is 3. The zero-order chi connectivity index (χ0) is 21.6. The van der Waals surface area contributed by atoms with Crippen LogP contribution in [0.2, 0.25) is 5.02 Å². The zero-order valence-corrected chi connectivity index (χ0v) is 17.7. The normalized spacial score (nSPS) is 13.7. The molecule has 0 amide bonds. The van der Waals surface area contributed by atoms with Gasteiger partial charge in [0.1, 0.15) is 5.84 Å². The molecule has 5 rings (SSSR count). The highest BCUT2D eigenvalue weighted by Crippen LogP contribution is 2.31. The third-order valence-electron chi connectivity index (χ3n) is 5.14. The molecule has 1 aromatic heterocycles. The van der Waals surface area contributed by atoms with E-state index in [2.05, 4.69) is 10.0 Å². The number of benzene rings is 3. The number of rotatable bonds is 4. The van der Waals surface area contributed by atoms with E-state index in [4.69, 9.17) is 21.4 Å². The average Bonchev–Trinajstić information content (AvgIpc) is 3.24. The van der Waals surface area contributed by atoms with E-state index in [1.807, 2.05) is 0 Å². The molecule has 0 unspecified atom stereocenters. The van der Waals surface area contributed by atoms with Gasteiger partial charge in [-0.25, -0.2) is 8.42 Å². The minimum Gasteiger partial charge on any atom is -0.448 e. The van der Waals surface area contributed by atoms with Crippen molar-refractivity contribution in [1.29, 1.82) is 5.41 Å². The van der Waals surface area contributed by atoms with Gasteiger partial charge in [-0.3, -0.25) is 10.1 Å². The lowest BCUT2D eigenvalue weighted by Crippen LogP contribution is -2.39. The summed E-state index contributed by atoms with van der Waals surface area (Å²) < 4.78 is 34.0. The highest BCUT2D eigenvalue weighted by atomic mass is 35.5. The zero-order valence-electron chi connectivity index (χ0n) is 16.1. The summed E-state index contributed by atoms with van der Waals surface area (Å²) in [6.07, 6.45) is 1.54. The first-order chi connectivity index (χ1) is 14.9. The molecule has 1 aliphatic rings. The van der Waals surface area contributed by atoms with Crippen LogP contribution < -0.4 is 14.9 Å². The van der Waals surface area contributed by atoms with Gasteiger partial charge in [-0.1, -0.05) is 35.9 Å². The first-order valence-corrected chi connectivity index (χ1v) is 11.3. The van der Waals surface area contributed by atoms with Gasteiger partial charge in [-0.05, 0) is 42.5 Å². The molecule has 3 aromatic carbocycles. The van der Waals surface area contributed by atoms with Crippen molar-refractivity contribution < 1.29 is 12.8 Å². The quantitative estimate of drug-likeness (QED) is 0.400. The van der Waals surface area contributed by atoms with E-state index in [0.29, 0.717) is 45.4 Å². The Balaban J connectivity index is 1.42. The number of nitrogens with zero attached hydrogens (tertiary/aromatic N) is 1. The Morgan fingerprint density at radius 2 is 1.74 bits per heavy atom. The minimum atomic E-state index is -3.83. The number of hydrogen-bond acceptors (Lipinski definition) is 5. The maximum absolute atomic E-state index is 13.1. The molecule has 1 aliphatic heterocycles. The topological polar surface area (TPSA) is 98.4 Å². The molecule has 0 aliphatic carbocycles. The lowest BCUT2D eigenvalue weighted by molar-refractivity contribution is 0.577. The molecule has 2 heterocycles. The first-order valence-electron chi connectivity index (χ1n) is 9.42. The molecule has 7 nitrogen and oxygen atoms in total. The summed E-state index contributed by atoms with van der Waals surface area (Å²) in [6.45, 7) is 0.376. The Morgan fingerprint density at radius 1 is 1.00 bits per heavy atom. The molecule has 0 atom stereocenters. The predicted octanol–water partition coefficient (Wildman–Crippen LogP) is 5.10. The fourth-order valence-corrected chi connectivity index (χ4v) is 5.14. The fourth-order valence-electron chi connectivity index (χ4n) is 3.63. The van der Waals surface area contributed by atoms with Crippen molar-refractivity contribution in [3.05, 3.63) is 83.6 Å². The van der Waals surface area contributed by atoms with Gasteiger partial charge in [0.2, 0.25) is 5.88 Å². The maximum atomic E-state index is 13.1. The lowest BCUT2D eigenvalue weighted by Gasteiger charge is -2.29. The maximum Gasteiger partial charge on any atom is 0.262 e. The van der Waals surface area contributed by atoms with Gasteiger partial charge in [0, 0.05) is 27.2 Å². The number of sulfonamides is 1. The SMILES string of the molecule is N=C1c2ccoc2NCN1c1ccc(NS(=O)(=O)c2cccc3c(Cl)cccc23)cc1. The predicted molar refractivity (Wildman–Crippen MR) is 123 cm³/mol. The summed E-state index contributed by atoms with van der Waals surface area (Å²) >= 11 is 6.22. The monoisotopic (exact) mass is 452 g/mol. The van der Waals surface area contributed by atoms with Crippen molar-refractivity contribution >= 4 is 55.5 Å². The molecule has 0 fully saturated rings. The van der Waals surface area contributed by atoms with E-state index in [-0.39, 0.29) is 4.90 Å². The van der Waals surface area contributed by atoms with Gasteiger partial charge in [0.05, 0.1) is 23.4 Å². The van der Waals surface area contributed by atoms with Gasteiger partial charge >= 0.3 is 0 Å². The van der Waals surface area contributed by atoms with E-state index in [1.165, 1.54) is 6.26 Å². The summed E-state index contributed by atoms with van der Waals surface area (Å²) in [4.78, 5) is 1.93. The van der Waals surface area contributed by atoms with Gasteiger partial charge in [-0.15, -0.1) is 0 Å². The number of furan rings is 1. The summed E-state index contributed by atoms with van der Waals surface area (Å²) in [6, 6.07) is 18.8. The molecule has 9 heteroatoms. The van der Waals surface area contributed by atoms with Crippen molar-refractivity contribution in [3.8, 4) is 0 Å².